The molecule has 1 saturated carbocycles. The van der Waals surface area contributed by atoms with E-state index in [-0.39, 0.29) is 28.3 Å². The van der Waals surface area contributed by atoms with E-state index in [0.29, 0.717) is 24.6 Å². The van der Waals surface area contributed by atoms with Crippen molar-refractivity contribution in [3.05, 3.63) is 70.8 Å². The van der Waals surface area contributed by atoms with Crippen molar-refractivity contribution >= 4 is 23.4 Å². The van der Waals surface area contributed by atoms with Gasteiger partial charge in [-0.1, -0.05) is 47.1 Å². The molecular formula is C22H20ClFN4O3. The molecule has 0 unspecified atom stereocenters. The Balaban J connectivity index is 1.58. The molecule has 1 aliphatic rings. The number of aromatic nitrogens is 2. The second kappa shape index (κ2) is 8.85. The van der Waals surface area contributed by atoms with Gasteiger partial charge in [0.2, 0.25) is 17.6 Å². The molecule has 3 aromatic rings. The Labute approximate surface area is 183 Å². The Morgan fingerprint density at radius 1 is 1.16 bits per heavy atom. The van der Waals surface area contributed by atoms with Gasteiger partial charge in [-0.2, -0.15) is 4.98 Å². The normalized spacial score (nSPS) is 20.4. The molecule has 1 heterocycles. The Kier molecular flexibility index (Phi) is 5.99. The van der Waals surface area contributed by atoms with Gasteiger partial charge >= 0.3 is 0 Å². The monoisotopic (exact) mass is 442 g/mol. The maximum atomic E-state index is 13.4. The van der Waals surface area contributed by atoms with Gasteiger partial charge in [0.1, 0.15) is 5.82 Å². The molecule has 0 spiro atoms. The van der Waals surface area contributed by atoms with Gasteiger partial charge in [0, 0.05) is 30.1 Å². The highest BCUT2D eigenvalue weighted by Crippen LogP contribution is 2.39. The van der Waals surface area contributed by atoms with Crippen molar-refractivity contribution in [3.63, 3.8) is 0 Å². The first-order valence-electron chi connectivity index (χ1n) is 9.82. The number of nitrogens with one attached hydrogen (secondary N) is 2. The molecule has 1 fully saturated rings. The first-order chi connectivity index (χ1) is 15.0. The second-order valence-electron chi connectivity index (χ2n) is 7.42. The van der Waals surface area contributed by atoms with Crippen LogP contribution in [0.1, 0.15) is 35.0 Å². The third-order valence-corrected chi connectivity index (χ3v) is 5.76. The lowest BCUT2D eigenvalue weighted by atomic mass is 10.0. The van der Waals surface area contributed by atoms with Crippen LogP contribution in [0.15, 0.2) is 53.1 Å². The smallest absolute Gasteiger partial charge is 0.251 e. The molecule has 4 rings (SSSR count). The predicted octanol–water partition coefficient (Wildman–Crippen LogP) is 3.57. The lowest BCUT2D eigenvalue weighted by molar-refractivity contribution is -0.124. The van der Waals surface area contributed by atoms with Crippen molar-refractivity contribution in [2.45, 2.75) is 24.8 Å². The van der Waals surface area contributed by atoms with Crippen molar-refractivity contribution in [2.24, 2.45) is 5.92 Å². The second-order valence-corrected chi connectivity index (χ2v) is 7.83. The number of benzene rings is 2. The number of hydrogen-bond donors (Lipinski definition) is 2. The molecule has 0 bridgehead atoms. The van der Waals surface area contributed by atoms with Crippen LogP contribution < -0.4 is 10.6 Å². The van der Waals surface area contributed by atoms with Crippen LogP contribution in [0.5, 0.6) is 0 Å². The van der Waals surface area contributed by atoms with Gasteiger partial charge in [-0.05, 0) is 31.0 Å². The molecule has 2 N–H and O–H groups in total. The molecule has 0 radical (unpaired) electrons. The largest absolute Gasteiger partial charge is 0.359 e. The predicted molar refractivity (Wildman–Crippen MR) is 112 cm³/mol. The fourth-order valence-electron chi connectivity index (χ4n) is 3.87. The molecule has 160 valence electrons. The van der Waals surface area contributed by atoms with Gasteiger partial charge in [-0.3, -0.25) is 9.59 Å². The number of rotatable bonds is 5. The number of hydrogen-bond acceptors (Lipinski definition) is 5. The van der Waals surface area contributed by atoms with Crippen LogP contribution in [0.3, 0.4) is 0 Å². The van der Waals surface area contributed by atoms with E-state index in [1.54, 1.807) is 7.05 Å². The summed E-state index contributed by atoms with van der Waals surface area (Å²) in [7, 11) is 1.57. The highest BCUT2D eigenvalue weighted by Gasteiger charge is 2.42. The summed E-state index contributed by atoms with van der Waals surface area (Å²) in [4.78, 5) is 29.5. The summed E-state index contributed by atoms with van der Waals surface area (Å²) in [6.45, 7) is 0. The lowest BCUT2D eigenvalue weighted by Gasteiger charge is -2.18. The summed E-state index contributed by atoms with van der Waals surface area (Å²) in [5.41, 5.74) is 1.03. The minimum atomic E-state index is -0.601. The zero-order valence-corrected chi connectivity index (χ0v) is 17.4. The van der Waals surface area contributed by atoms with Crippen molar-refractivity contribution in [1.29, 1.82) is 0 Å². The lowest BCUT2D eigenvalue weighted by Crippen LogP contribution is -2.37. The van der Waals surface area contributed by atoms with Crippen LogP contribution in [-0.4, -0.2) is 35.0 Å². The van der Waals surface area contributed by atoms with Gasteiger partial charge in [0.25, 0.3) is 5.91 Å². The SMILES string of the molecule is CNC(=O)[C@H]1C[C@H](NC(=O)c2ccc(F)c(Cl)c2)[C@H](c2nc(-c3ccccc3)no2)C1. The molecule has 0 aliphatic heterocycles. The van der Waals surface area contributed by atoms with Gasteiger partial charge < -0.3 is 15.2 Å². The Bertz CT molecular complexity index is 1110. The third kappa shape index (κ3) is 4.44. The van der Waals surface area contributed by atoms with E-state index in [1.807, 2.05) is 30.3 Å². The Hall–Kier alpha value is -3.26. The minimum absolute atomic E-state index is 0.116. The molecular weight excluding hydrogens is 423 g/mol. The molecule has 2 amide bonds. The highest BCUT2D eigenvalue weighted by molar-refractivity contribution is 6.31. The van der Waals surface area contributed by atoms with Crippen molar-refractivity contribution in [2.75, 3.05) is 7.05 Å². The molecule has 7 nitrogen and oxygen atoms in total. The standard InChI is InChI=1S/C22H20ClFN4O3/c1-25-20(29)14-9-15(22-27-19(28-31-22)12-5-3-2-4-6-12)18(11-14)26-21(30)13-7-8-17(24)16(23)10-13/h2-8,10,14-15,18H,9,11H2,1H3,(H,25,29)(H,26,30)/t14-,15-,18+/m1/s1. The maximum absolute atomic E-state index is 13.4. The van der Waals surface area contributed by atoms with Crippen molar-refractivity contribution < 1.29 is 18.5 Å². The van der Waals surface area contributed by atoms with E-state index >= 15 is 0 Å². The molecule has 31 heavy (non-hydrogen) atoms. The van der Waals surface area contributed by atoms with Crippen LogP contribution in [0.2, 0.25) is 5.02 Å². The maximum Gasteiger partial charge on any atom is 0.251 e. The van der Waals surface area contributed by atoms with Crippen LogP contribution in [0, 0.1) is 11.7 Å². The van der Waals surface area contributed by atoms with E-state index in [2.05, 4.69) is 20.8 Å². The number of carbonyl (C=O) groups is 2. The third-order valence-electron chi connectivity index (χ3n) is 5.47. The van der Waals surface area contributed by atoms with Crippen molar-refractivity contribution in [3.8, 4) is 11.4 Å². The van der Waals surface area contributed by atoms with Gasteiger partial charge in [0.15, 0.2) is 0 Å². The number of carbonyl (C=O) groups excluding carboxylic acids is 2. The fourth-order valence-corrected chi connectivity index (χ4v) is 4.05. The zero-order valence-electron chi connectivity index (χ0n) is 16.6. The Morgan fingerprint density at radius 2 is 1.94 bits per heavy atom. The van der Waals surface area contributed by atoms with E-state index < -0.39 is 17.8 Å². The summed E-state index contributed by atoms with van der Waals surface area (Å²) < 4.78 is 18.9. The van der Waals surface area contributed by atoms with E-state index in [9.17, 15) is 14.0 Å². The molecule has 1 aromatic heterocycles. The van der Waals surface area contributed by atoms with Crippen LogP contribution in [0.4, 0.5) is 4.39 Å². The van der Waals surface area contributed by atoms with Gasteiger partial charge in [-0.15, -0.1) is 0 Å². The summed E-state index contributed by atoms with van der Waals surface area (Å²) in [5.74, 6) is -0.999. The number of halogens is 2. The van der Waals surface area contributed by atoms with Crippen LogP contribution >= 0.6 is 11.6 Å². The highest BCUT2D eigenvalue weighted by atomic mass is 35.5. The van der Waals surface area contributed by atoms with E-state index in [1.165, 1.54) is 12.1 Å². The first kappa shape index (κ1) is 21.0. The van der Waals surface area contributed by atoms with Crippen LogP contribution in [0.25, 0.3) is 11.4 Å². The molecule has 2 aromatic carbocycles. The molecule has 9 heteroatoms. The Morgan fingerprint density at radius 3 is 2.65 bits per heavy atom. The number of amides is 2. The quantitative estimate of drug-likeness (QED) is 0.629. The average molecular weight is 443 g/mol. The van der Waals surface area contributed by atoms with E-state index in [4.69, 9.17) is 16.1 Å². The summed E-state index contributed by atoms with van der Waals surface area (Å²) in [6, 6.07) is 12.7. The van der Waals surface area contributed by atoms with Gasteiger partial charge in [0.05, 0.1) is 10.9 Å². The molecule has 1 aliphatic carbocycles. The topological polar surface area (TPSA) is 97.1 Å². The zero-order chi connectivity index (χ0) is 22.0. The fraction of sp³-hybridized carbons (Fsp3) is 0.273. The first-order valence-corrected chi connectivity index (χ1v) is 10.2. The summed E-state index contributed by atoms with van der Waals surface area (Å²) in [6.07, 6.45) is 0.860. The minimum Gasteiger partial charge on any atom is -0.359 e. The molecule has 3 atom stereocenters. The summed E-state index contributed by atoms with van der Waals surface area (Å²) >= 11 is 5.80. The van der Waals surface area contributed by atoms with Crippen LogP contribution in [-0.2, 0) is 4.79 Å². The number of nitrogens with zero attached hydrogens (tertiary/aromatic N) is 2. The molecule has 0 saturated heterocycles. The van der Waals surface area contributed by atoms with E-state index in [0.717, 1.165) is 11.6 Å². The van der Waals surface area contributed by atoms with Gasteiger partial charge in [-0.25, -0.2) is 4.39 Å². The van der Waals surface area contributed by atoms with Crippen molar-refractivity contribution in [1.82, 2.24) is 20.8 Å². The summed E-state index contributed by atoms with van der Waals surface area (Å²) in [5, 5.41) is 9.49. The average Bonchev–Trinajstić information content (AvgIpc) is 3.43.